The fourth-order valence-electron chi connectivity index (χ4n) is 2.97. The van der Waals surface area contributed by atoms with E-state index >= 15 is 0 Å². The largest absolute Gasteiger partial charge is 0.468 e. The van der Waals surface area contributed by atoms with Gasteiger partial charge in [0.1, 0.15) is 5.76 Å². The molecule has 7 nitrogen and oxygen atoms in total. The van der Waals surface area contributed by atoms with Crippen LogP contribution in [0.4, 0.5) is 5.69 Å². The molecule has 1 aliphatic heterocycles. The zero-order chi connectivity index (χ0) is 19.3. The predicted octanol–water partition coefficient (Wildman–Crippen LogP) is 2.31. The van der Waals surface area contributed by atoms with Gasteiger partial charge in [0.2, 0.25) is 15.9 Å². The molecule has 0 spiro atoms. The van der Waals surface area contributed by atoms with Crippen LogP contribution in [0.25, 0.3) is 0 Å². The summed E-state index contributed by atoms with van der Waals surface area (Å²) in [6, 6.07) is 9.65. The van der Waals surface area contributed by atoms with E-state index in [-0.39, 0.29) is 23.4 Å². The van der Waals surface area contributed by atoms with E-state index in [1.165, 1.54) is 19.1 Å². The van der Waals surface area contributed by atoms with E-state index < -0.39 is 10.0 Å². The molecule has 9 heteroatoms. The molecule has 27 heavy (non-hydrogen) atoms. The number of anilines is 1. The number of carbonyl (C=O) groups excluding carboxylic acids is 1. The zero-order valence-electron chi connectivity index (χ0n) is 15.1. The molecule has 146 valence electrons. The van der Waals surface area contributed by atoms with Crippen LogP contribution in [0.15, 0.2) is 52.0 Å². The molecule has 3 rings (SSSR count). The van der Waals surface area contributed by atoms with E-state index in [4.69, 9.17) is 4.42 Å². The molecule has 2 heterocycles. The highest BCUT2D eigenvalue weighted by Crippen LogP contribution is 2.25. The Kier molecular flexibility index (Phi) is 6.59. The number of carbonyl (C=O) groups is 1. The minimum Gasteiger partial charge on any atom is -0.468 e. The molecule has 1 aromatic heterocycles. The standard InChI is InChI=1S/C18H23N3O4S2/c1-14(22)20-15-4-6-16(7-5-15)27(23,24)19-13-17(18-3-2-10-25-18)21-8-11-26-12-9-21/h2-7,10,17,19H,8-9,11-13H2,1H3,(H,20,22). The van der Waals surface area contributed by atoms with Crippen molar-refractivity contribution in [3.8, 4) is 0 Å². The third-order valence-corrected chi connectivity index (χ3v) is 6.69. The first-order chi connectivity index (χ1) is 13.0. The molecular weight excluding hydrogens is 386 g/mol. The Labute approximate surface area is 163 Å². The SMILES string of the molecule is CC(=O)Nc1ccc(S(=O)(=O)NCC(c2ccco2)N2CCSCC2)cc1. The molecule has 1 amide bonds. The number of nitrogens with zero attached hydrogens (tertiary/aromatic N) is 1. The van der Waals surface area contributed by atoms with Gasteiger partial charge in [0, 0.05) is 43.8 Å². The van der Waals surface area contributed by atoms with E-state index in [2.05, 4.69) is 14.9 Å². The first kappa shape index (κ1) is 19.9. The highest BCUT2D eigenvalue weighted by atomic mass is 32.2. The average molecular weight is 410 g/mol. The number of hydrogen-bond acceptors (Lipinski definition) is 6. The van der Waals surface area contributed by atoms with Gasteiger partial charge in [-0.25, -0.2) is 13.1 Å². The van der Waals surface area contributed by atoms with Crippen molar-refractivity contribution in [3.63, 3.8) is 0 Å². The first-order valence-corrected chi connectivity index (χ1v) is 11.3. The lowest BCUT2D eigenvalue weighted by atomic mass is 10.2. The van der Waals surface area contributed by atoms with Crippen LogP contribution in [0.2, 0.25) is 0 Å². The molecule has 1 saturated heterocycles. The van der Waals surface area contributed by atoms with Crippen LogP contribution >= 0.6 is 11.8 Å². The third-order valence-electron chi connectivity index (χ3n) is 4.31. The van der Waals surface area contributed by atoms with Crippen molar-refractivity contribution in [1.82, 2.24) is 9.62 Å². The van der Waals surface area contributed by atoms with Gasteiger partial charge in [-0.05, 0) is 36.4 Å². The summed E-state index contributed by atoms with van der Waals surface area (Å²) in [4.78, 5) is 13.5. The molecule has 2 aromatic rings. The monoisotopic (exact) mass is 409 g/mol. The van der Waals surface area contributed by atoms with Gasteiger partial charge in [0.25, 0.3) is 0 Å². The molecule has 1 unspecified atom stereocenters. The number of thioether (sulfide) groups is 1. The lowest BCUT2D eigenvalue weighted by molar-refractivity contribution is -0.114. The lowest BCUT2D eigenvalue weighted by Crippen LogP contribution is -2.41. The van der Waals surface area contributed by atoms with Crippen molar-refractivity contribution < 1.29 is 17.6 Å². The molecular formula is C18H23N3O4S2. The first-order valence-electron chi connectivity index (χ1n) is 8.68. The maximum atomic E-state index is 12.7. The molecule has 0 radical (unpaired) electrons. The van der Waals surface area contributed by atoms with Crippen LogP contribution in [0.3, 0.4) is 0 Å². The van der Waals surface area contributed by atoms with Crippen LogP contribution in [0.5, 0.6) is 0 Å². The Hall–Kier alpha value is -1.81. The van der Waals surface area contributed by atoms with Gasteiger partial charge in [0.05, 0.1) is 17.2 Å². The maximum absolute atomic E-state index is 12.7. The molecule has 0 saturated carbocycles. The molecule has 2 N–H and O–H groups in total. The second-order valence-electron chi connectivity index (χ2n) is 6.24. The quantitative estimate of drug-likeness (QED) is 0.729. The maximum Gasteiger partial charge on any atom is 0.240 e. The van der Waals surface area contributed by atoms with Gasteiger partial charge in [-0.2, -0.15) is 11.8 Å². The van der Waals surface area contributed by atoms with Gasteiger partial charge in [-0.1, -0.05) is 0 Å². The number of hydrogen-bond donors (Lipinski definition) is 2. The summed E-state index contributed by atoms with van der Waals surface area (Å²) < 4.78 is 33.6. The third kappa shape index (κ3) is 5.35. The van der Waals surface area contributed by atoms with Gasteiger partial charge < -0.3 is 9.73 Å². The number of amides is 1. The van der Waals surface area contributed by atoms with Crippen molar-refractivity contribution in [1.29, 1.82) is 0 Å². The fourth-order valence-corrected chi connectivity index (χ4v) is 4.94. The van der Waals surface area contributed by atoms with Gasteiger partial charge >= 0.3 is 0 Å². The average Bonchev–Trinajstić information content (AvgIpc) is 3.17. The smallest absolute Gasteiger partial charge is 0.240 e. The minimum absolute atomic E-state index is 0.144. The van der Waals surface area contributed by atoms with Crippen LogP contribution in [0.1, 0.15) is 18.7 Å². The summed E-state index contributed by atoms with van der Waals surface area (Å²) in [5, 5.41) is 2.62. The number of benzene rings is 1. The molecule has 1 atom stereocenters. The van der Waals surface area contributed by atoms with Gasteiger partial charge in [-0.15, -0.1) is 0 Å². The van der Waals surface area contributed by atoms with Crippen molar-refractivity contribution in [2.75, 3.05) is 36.5 Å². The summed E-state index contributed by atoms with van der Waals surface area (Å²) in [5.74, 6) is 2.60. The summed E-state index contributed by atoms with van der Waals surface area (Å²) in [6.07, 6.45) is 1.61. The summed E-state index contributed by atoms with van der Waals surface area (Å²) >= 11 is 1.90. The lowest BCUT2D eigenvalue weighted by Gasteiger charge is -2.33. The summed E-state index contributed by atoms with van der Waals surface area (Å²) in [6.45, 7) is 3.42. The summed E-state index contributed by atoms with van der Waals surface area (Å²) in [7, 11) is -3.67. The molecule has 0 aliphatic carbocycles. The Morgan fingerprint density at radius 1 is 1.22 bits per heavy atom. The van der Waals surface area contributed by atoms with Crippen molar-refractivity contribution in [2.24, 2.45) is 0 Å². The molecule has 1 fully saturated rings. The zero-order valence-corrected chi connectivity index (χ0v) is 16.7. The van der Waals surface area contributed by atoms with E-state index in [0.717, 1.165) is 30.4 Å². The highest BCUT2D eigenvalue weighted by Gasteiger charge is 2.26. The normalized spacial score (nSPS) is 16.8. The fraction of sp³-hybridized carbons (Fsp3) is 0.389. The van der Waals surface area contributed by atoms with E-state index in [1.807, 2.05) is 23.9 Å². The molecule has 0 bridgehead atoms. The minimum atomic E-state index is -3.67. The molecule has 1 aromatic carbocycles. The second kappa shape index (κ2) is 8.92. The number of furan rings is 1. The van der Waals surface area contributed by atoms with Crippen molar-refractivity contribution in [2.45, 2.75) is 17.9 Å². The van der Waals surface area contributed by atoms with E-state index in [9.17, 15) is 13.2 Å². The second-order valence-corrected chi connectivity index (χ2v) is 9.23. The Bertz CT molecular complexity index is 845. The van der Waals surface area contributed by atoms with Crippen molar-refractivity contribution in [3.05, 3.63) is 48.4 Å². The molecule has 1 aliphatic rings. The van der Waals surface area contributed by atoms with Gasteiger partial charge in [0.15, 0.2) is 0 Å². The predicted molar refractivity (Wildman–Crippen MR) is 106 cm³/mol. The summed E-state index contributed by atoms with van der Waals surface area (Å²) in [5.41, 5.74) is 0.556. The van der Waals surface area contributed by atoms with E-state index in [1.54, 1.807) is 18.4 Å². The number of nitrogens with one attached hydrogen (secondary N) is 2. The van der Waals surface area contributed by atoms with Gasteiger partial charge in [-0.3, -0.25) is 9.69 Å². The Morgan fingerprint density at radius 3 is 2.52 bits per heavy atom. The van der Waals surface area contributed by atoms with Crippen LogP contribution in [0, 0.1) is 0 Å². The van der Waals surface area contributed by atoms with Crippen molar-refractivity contribution >= 4 is 33.4 Å². The van der Waals surface area contributed by atoms with E-state index in [0.29, 0.717) is 5.69 Å². The number of sulfonamides is 1. The Balaban J connectivity index is 1.70. The van der Waals surface area contributed by atoms with Crippen LogP contribution < -0.4 is 10.0 Å². The van der Waals surface area contributed by atoms with Crippen LogP contribution in [-0.2, 0) is 14.8 Å². The topological polar surface area (TPSA) is 91.6 Å². The Morgan fingerprint density at radius 2 is 1.93 bits per heavy atom. The number of rotatable bonds is 7. The van der Waals surface area contributed by atoms with Crippen LogP contribution in [-0.4, -0.2) is 50.4 Å². The highest BCUT2D eigenvalue weighted by molar-refractivity contribution is 7.99.